The molecule has 2 saturated heterocycles. The van der Waals surface area contributed by atoms with Crippen LogP contribution in [0.5, 0.6) is 0 Å². The van der Waals surface area contributed by atoms with E-state index in [1.807, 2.05) is 6.92 Å². The van der Waals surface area contributed by atoms with Crippen LogP contribution in [0.2, 0.25) is 0 Å². The molecule has 1 atom stereocenters. The van der Waals surface area contributed by atoms with Crippen molar-refractivity contribution in [2.45, 2.75) is 31.8 Å². The SMILES string of the molecule is CN(CC1(O)CCOCC1)C(=O)C1(C)CCNC1. The van der Waals surface area contributed by atoms with Gasteiger partial charge in [-0.05, 0) is 19.9 Å². The zero-order chi connectivity index (χ0) is 13.2. The van der Waals surface area contributed by atoms with Gasteiger partial charge < -0.3 is 20.1 Å². The van der Waals surface area contributed by atoms with Gasteiger partial charge in [-0.25, -0.2) is 0 Å². The van der Waals surface area contributed by atoms with E-state index in [0.717, 1.165) is 19.5 Å². The molecule has 5 nitrogen and oxygen atoms in total. The van der Waals surface area contributed by atoms with Crippen LogP contribution in [-0.4, -0.2) is 61.4 Å². The Bertz CT molecular complexity index is 307. The molecular formula is C13H24N2O3. The lowest BCUT2D eigenvalue weighted by Crippen LogP contribution is -2.51. The van der Waals surface area contributed by atoms with E-state index in [0.29, 0.717) is 32.6 Å². The van der Waals surface area contributed by atoms with Gasteiger partial charge in [0.25, 0.3) is 0 Å². The predicted octanol–water partition coefficient (Wildman–Crippen LogP) is -0.0141. The van der Waals surface area contributed by atoms with Gasteiger partial charge in [-0.2, -0.15) is 0 Å². The lowest BCUT2D eigenvalue weighted by molar-refractivity contribution is -0.145. The molecule has 0 spiro atoms. The normalized spacial score (nSPS) is 31.3. The van der Waals surface area contributed by atoms with E-state index < -0.39 is 5.60 Å². The number of amides is 1. The summed E-state index contributed by atoms with van der Waals surface area (Å²) in [6, 6.07) is 0. The van der Waals surface area contributed by atoms with Crippen molar-refractivity contribution in [3.63, 3.8) is 0 Å². The predicted molar refractivity (Wildman–Crippen MR) is 68.2 cm³/mol. The number of likely N-dealkylation sites (N-methyl/N-ethyl adjacent to an activating group) is 1. The quantitative estimate of drug-likeness (QED) is 0.745. The lowest BCUT2D eigenvalue weighted by Gasteiger charge is -2.37. The van der Waals surface area contributed by atoms with Crippen LogP contribution in [0, 0.1) is 5.41 Å². The molecule has 0 saturated carbocycles. The number of carbonyl (C=O) groups excluding carboxylic acids is 1. The number of ether oxygens (including phenoxy) is 1. The fraction of sp³-hybridized carbons (Fsp3) is 0.923. The molecule has 0 aromatic rings. The van der Waals surface area contributed by atoms with Crippen molar-refractivity contribution in [2.24, 2.45) is 5.41 Å². The first-order chi connectivity index (χ1) is 8.45. The largest absolute Gasteiger partial charge is 0.388 e. The molecule has 2 heterocycles. The van der Waals surface area contributed by atoms with E-state index in [1.54, 1.807) is 11.9 Å². The highest BCUT2D eigenvalue weighted by molar-refractivity contribution is 5.82. The summed E-state index contributed by atoms with van der Waals surface area (Å²) in [5.41, 5.74) is -1.08. The zero-order valence-electron chi connectivity index (χ0n) is 11.4. The molecule has 0 radical (unpaired) electrons. The maximum Gasteiger partial charge on any atom is 0.229 e. The van der Waals surface area contributed by atoms with Crippen LogP contribution in [0.1, 0.15) is 26.2 Å². The van der Waals surface area contributed by atoms with Crippen molar-refractivity contribution in [3.8, 4) is 0 Å². The van der Waals surface area contributed by atoms with Gasteiger partial charge in [-0.3, -0.25) is 4.79 Å². The van der Waals surface area contributed by atoms with E-state index in [-0.39, 0.29) is 11.3 Å². The van der Waals surface area contributed by atoms with E-state index in [2.05, 4.69) is 5.32 Å². The molecule has 18 heavy (non-hydrogen) atoms. The standard InChI is InChI=1S/C13H24N2O3/c1-12(3-6-14-9-12)11(16)15(2)10-13(17)4-7-18-8-5-13/h14,17H,3-10H2,1-2H3. The van der Waals surface area contributed by atoms with E-state index >= 15 is 0 Å². The summed E-state index contributed by atoms with van der Waals surface area (Å²) < 4.78 is 5.25. The summed E-state index contributed by atoms with van der Waals surface area (Å²) in [6.07, 6.45) is 2.09. The average molecular weight is 256 g/mol. The van der Waals surface area contributed by atoms with Crippen molar-refractivity contribution in [3.05, 3.63) is 0 Å². The van der Waals surface area contributed by atoms with Gasteiger partial charge in [0.15, 0.2) is 0 Å². The Morgan fingerprint density at radius 1 is 1.39 bits per heavy atom. The van der Waals surface area contributed by atoms with Gasteiger partial charge in [0, 0.05) is 46.2 Å². The highest BCUT2D eigenvalue weighted by Gasteiger charge is 2.40. The Morgan fingerprint density at radius 3 is 2.61 bits per heavy atom. The van der Waals surface area contributed by atoms with Crippen LogP contribution in [0.25, 0.3) is 0 Å². The summed E-state index contributed by atoms with van der Waals surface area (Å²) in [5, 5.41) is 13.7. The van der Waals surface area contributed by atoms with Crippen LogP contribution < -0.4 is 5.32 Å². The first-order valence-corrected chi connectivity index (χ1v) is 6.72. The second-order valence-corrected chi connectivity index (χ2v) is 5.99. The monoisotopic (exact) mass is 256 g/mol. The minimum Gasteiger partial charge on any atom is -0.388 e. The Labute approximate surface area is 108 Å². The van der Waals surface area contributed by atoms with Gasteiger partial charge >= 0.3 is 0 Å². The smallest absolute Gasteiger partial charge is 0.229 e. The number of nitrogens with one attached hydrogen (secondary N) is 1. The number of hydrogen-bond acceptors (Lipinski definition) is 4. The van der Waals surface area contributed by atoms with E-state index in [9.17, 15) is 9.90 Å². The third-order valence-electron chi connectivity index (χ3n) is 4.19. The minimum absolute atomic E-state index is 0.132. The van der Waals surface area contributed by atoms with Crippen molar-refractivity contribution in [2.75, 3.05) is 39.9 Å². The molecule has 2 N–H and O–H groups in total. The fourth-order valence-corrected chi connectivity index (χ4v) is 2.88. The van der Waals surface area contributed by atoms with Gasteiger partial charge in [0.1, 0.15) is 0 Å². The third-order valence-corrected chi connectivity index (χ3v) is 4.19. The molecule has 2 fully saturated rings. The average Bonchev–Trinajstić information content (AvgIpc) is 2.77. The summed E-state index contributed by atoms with van der Waals surface area (Å²) in [6.45, 7) is 5.20. The molecule has 2 aliphatic heterocycles. The zero-order valence-corrected chi connectivity index (χ0v) is 11.4. The summed E-state index contributed by atoms with van der Waals surface area (Å²) in [4.78, 5) is 14.1. The number of hydrogen-bond donors (Lipinski definition) is 2. The van der Waals surface area contributed by atoms with Gasteiger partial charge in [0.05, 0.1) is 11.0 Å². The summed E-state index contributed by atoms with van der Waals surface area (Å²) in [5.74, 6) is 0.132. The van der Waals surface area contributed by atoms with Crippen LogP contribution >= 0.6 is 0 Å². The summed E-state index contributed by atoms with van der Waals surface area (Å²) in [7, 11) is 1.79. The second kappa shape index (κ2) is 5.15. The Hall–Kier alpha value is -0.650. The second-order valence-electron chi connectivity index (χ2n) is 5.99. The van der Waals surface area contributed by atoms with Crippen LogP contribution in [0.4, 0.5) is 0 Å². The number of rotatable bonds is 3. The topological polar surface area (TPSA) is 61.8 Å². The fourth-order valence-electron chi connectivity index (χ4n) is 2.88. The molecule has 0 aromatic heterocycles. The lowest BCUT2D eigenvalue weighted by atomic mass is 9.87. The highest BCUT2D eigenvalue weighted by atomic mass is 16.5. The Kier molecular flexibility index (Phi) is 3.94. The molecule has 0 aromatic carbocycles. The molecular weight excluding hydrogens is 232 g/mol. The first-order valence-electron chi connectivity index (χ1n) is 6.72. The molecule has 5 heteroatoms. The first kappa shape index (κ1) is 13.8. The molecule has 0 aliphatic carbocycles. The molecule has 1 unspecified atom stereocenters. The Morgan fingerprint density at radius 2 is 2.06 bits per heavy atom. The maximum absolute atomic E-state index is 12.4. The number of carbonyl (C=O) groups is 1. The molecule has 1 amide bonds. The number of nitrogens with zero attached hydrogens (tertiary/aromatic N) is 1. The third kappa shape index (κ3) is 2.84. The highest BCUT2D eigenvalue weighted by Crippen LogP contribution is 2.28. The van der Waals surface area contributed by atoms with Crippen LogP contribution in [0.15, 0.2) is 0 Å². The molecule has 104 valence electrons. The number of aliphatic hydroxyl groups is 1. The minimum atomic E-state index is -0.773. The Balaban J connectivity index is 1.94. The van der Waals surface area contributed by atoms with E-state index in [1.165, 1.54) is 0 Å². The van der Waals surface area contributed by atoms with Gasteiger partial charge in [0.2, 0.25) is 5.91 Å². The van der Waals surface area contributed by atoms with E-state index in [4.69, 9.17) is 4.74 Å². The molecule has 2 aliphatic rings. The van der Waals surface area contributed by atoms with Crippen molar-refractivity contribution in [1.82, 2.24) is 10.2 Å². The molecule has 0 bridgehead atoms. The summed E-state index contributed by atoms with van der Waals surface area (Å²) >= 11 is 0. The van der Waals surface area contributed by atoms with Crippen LogP contribution in [0.3, 0.4) is 0 Å². The van der Waals surface area contributed by atoms with Crippen molar-refractivity contribution >= 4 is 5.91 Å². The van der Waals surface area contributed by atoms with Crippen LogP contribution in [-0.2, 0) is 9.53 Å². The van der Waals surface area contributed by atoms with Crippen molar-refractivity contribution in [1.29, 1.82) is 0 Å². The van der Waals surface area contributed by atoms with Gasteiger partial charge in [-0.1, -0.05) is 0 Å². The van der Waals surface area contributed by atoms with Crippen molar-refractivity contribution < 1.29 is 14.6 Å². The maximum atomic E-state index is 12.4. The van der Waals surface area contributed by atoms with Gasteiger partial charge in [-0.15, -0.1) is 0 Å². The molecule has 2 rings (SSSR count).